The summed E-state index contributed by atoms with van der Waals surface area (Å²) in [6.07, 6.45) is 1.81. The van der Waals surface area contributed by atoms with Crippen LogP contribution >= 0.6 is 11.3 Å². The quantitative estimate of drug-likeness (QED) is 0.527. The van der Waals surface area contributed by atoms with Gasteiger partial charge in [-0.2, -0.15) is 4.99 Å². The number of aromatic nitrogens is 1. The smallest absolute Gasteiger partial charge is 0.279 e. The van der Waals surface area contributed by atoms with Gasteiger partial charge in [0.2, 0.25) is 0 Å². The van der Waals surface area contributed by atoms with E-state index in [4.69, 9.17) is 9.47 Å². The average Bonchev–Trinajstić information content (AvgIpc) is 3.10. The molecule has 0 aliphatic carbocycles. The van der Waals surface area contributed by atoms with E-state index >= 15 is 0 Å². The zero-order chi connectivity index (χ0) is 21.7. The van der Waals surface area contributed by atoms with Crippen LogP contribution in [0.1, 0.15) is 35.5 Å². The Bertz CT molecular complexity index is 1080. The highest BCUT2D eigenvalue weighted by Gasteiger charge is 2.16. The van der Waals surface area contributed by atoms with E-state index in [0.717, 1.165) is 29.0 Å². The van der Waals surface area contributed by atoms with Crippen molar-refractivity contribution in [2.24, 2.45) is 4.99 Å². The maximum Gasteiger partial charge on any atom is 0.279 e. The highest BCUT2D eigenvalue weighted by Crippen LogP contribution is 2.28. The Kier molecular flexibility index (Phi) is 7.05. The molecule has 1 heterocycles. The molecule has 5 nitrogen and oxygen atoms in total. The number of amides is 1. The van der Waals surface area contributed by atoms with Gasteiger partial charge in [0.25, 0.3) is 5.91 Å². The Morgan fingerprint density at radius 1 is 1.07 bits per heavy atom. The number of aryl methyl sites for hydroxylation is 1. The van der Waals surface area contributed by atoms with Crippen molar-refractivity contribution in [1.29, 1.82) is 0 Å². The predicted octanol–water partition coefficient (Wildman–Crippen LogP) is 5.09. The van der Waals surface area contributed by atoms with E-state index in [9.17, 15) is 9.18 Å². The normalized spacial score (nSPS) is 11.6. The summed E-state index contributed by atoms with van der Waals surface area (Å²) in [4.78, 5) is 19.1. The molecule has 0 aliphatic heterocycles. The maximum atomic E-state index is 13.4. The van der Waals surface area contributed by atoms with Gasteiger partial charge in [0, 0.05) is 23.1 Å². The molecule has 0 saturated heterocycles. The first-order chi connectivity index (χ1) is 14.5. The van der Waals surface area contributed by atoms with E-state index in [0.29, 0.717) is 28.4 Å². The molecule has 0 N–H and O–H groups in total. The summed E-state index contributed by atoms with van der Waals surface area (Å²) in [6.45, 7) is 4.75. The molecule has 0 radical (unpaired) electrons. The molecule has 3 rings (SSSR count). The lowest BCUT2D eigenvalue weighted by Crippen LogP contribution is -2.17. The summed E-state index contributed by atoms with van der Waals surface area (Å²) >= 11 is 1.50. The van der Waals surface area contributed by atoms with Crippen molar-refractivity contribution in [3.63, 3.8) is 0 Å². The number of benzene rings is 2. The summed E-state index contributed by atoms with van der Waals surface area (Å²) < 4.78 is 26.0. The number of halogens is 1. The van der Waals surface area contributed by atoms with E-state index in [1.165, 1.54) is 37.7 Å². The van der Waals surface area contributed by atoms with E-state index in [2.05, 4.69) is 11.9 Å². The second-order valence-corrected chi connectivity index (χ2v) is 7.74. The van der Waals surface area contributed by atoms with Gasteiger partial charge in [-0.1, -0.05) is 13.3 Å². The average molecular weight is 429 g/mol. The molecule has 0 saturated carbocycles. The molecular formula is C23H25FN2O3S. The van der Waals surface area contributed by atoms with E-state index < -0.39 is 0 Å². The van der Waals surface area contributed by atoms with Crippen molar-refractivity contribution < 1.29 is 18.7 Å². The van der Waals surface area contributed by atoms with Gasteiger partial charge in [0.1, 0.15) is 17.3 Å². The zero-order valence-electron chi connectivity index (χ0n) is 17.6. The molecule has 0 atom stereocenters. The topological polar surface area (TPSA) is 52.8 Å². The maximum absolute atomic E-state index is 13.4. The first-order valence-electron chi connectivity index (χ1n) is 9.81. The van der Waals surface area contributed by atoms with Crippen molar-refractivity contribution in [2.45, 2.75) is 33.2 Å². The number of carbonyl (C=O) groups is 1. The van der Waals surface area contributed by atoms with Gasteiger partial charge in [-0.25, -0.2) is 4.39 Å². The Balaban J connectivity index is 2.13. The second kappa shape index (κ2) is 9.71. The minimum absolute atomic E-state index is 0.277. The molecular weight excluding hydrogens is 403 g/mol. The fraction of sp³-hybridized carbons (Fsp3) is 0.304. The summed E-state index contributed by atoms with van der Waals surface area (Å²) in [5.74, 6) is 0.410. The predicted molar refractivity (Wildman–Crippen MR) is 117 cm³/mol. The second-order valence-electron chi connectivity index (χ2n) is 6.68. The summed E-state index contributed by atoms with van der Waals surface area (Å²) in [5.41, 5.74) is 2.29. The number of hydrogen-bond acceptors (Lipinski definition) is 4. The van der Waals surface area contributed by atoms with Crippen molar-refractivity contribution in [1.82, 2.24) is 4.57 Å². The molecule has 1 amide bonds. The third-order valence-corrected chi connectivity index (χ3v) is 5.82. The zero-order valence-corrected chi connectivity index (χ0v) is 18.4. The molecule has 0 spiro atoms. The first kappa shape index (κ1) is 21.8. The third-order valence-electron chi connectivity index (χ3n) is 4.69. The Morgan fingerprint density at radius 2 is 1.70 bits per heavy atom. The lowest BCUT2D eigenvalue weighted by molar-refractivity contribution is 0.0997. The number of methoxy groups -OCH3 is 2. The van der Waals surface area contributed by atoms with E-state index in [1.807, 2.05) is 11.5 Å². The highest BCUT2D eigenvalue weighted by atomic mass is 32.1. The standard InChI is InChI=1S/C23H25FN2O3S/c1-5-7-20-21(15-8-10-17(24)11-9-15)26(6-2)23(30-20)25-22(27)16-12-18(28-3)14-19(13-16)29-4/h8-14H,5-7H2,1-4H3. The molecule has 158 valence electrons. The van der Waals surface area contributed by atoms with Crippen molar-refractivity contribution in [2.75, 3.05) is 14.2 Å². The minimum atomic E-state index is -0.371. The monoisotopic (exact) mass is 428 g/mol. The highest BCUT2D eigenvalue weighted by molar-refractivity contribution is 7.09. The molecule has 7 heteroatoms. The SMILES string of the molecule is CCCc1sc(=NC(=O)c2cc(OC)cc(OC)c2)n(CC)c1-c1ccc(F)cc1. The van der Waals surface area contributed by atoms with Crippen LogP contribution in [0.15, 0.2) is 47.5 Å². The van der Waals surface area contributed by atoms with Gasteiger partial charge in [-0.05, 0) is 55.3 Å². The van der Waals surface area contributed by atoms with Crippen LogP contribution in [0.3, 0.4) is 0 Å². The summed E-state index contributed by atoms with van der Waals surface area (Å²) in [5, 5.41) is 0. The Labute approximate surface area is 179 Å². The lowest BCUT2D eigenvalue weighted by Gasteiger charge is -2.09. The number of nitrogens with zero attached hydrogens (tertiary/aromatic N) is 2. The van der Waals surface area contributed by atoms with Gasteiger partial charge in [-0.15, -0.1) is 11.3 Å². The molecule has 30 heavy (non-hydrogen) atoms. The van der Waals surface area contributed by atoms with Gasteiger partial charge in [0.15, 0.2) is 4.80 Å². The molecule has 0 aliphatic rings. The summed E-state index contributed by atoms with van der Waals surface area (Å²) in [7, 11) is 3.08. The first-order valence-corrected chi connectivity index (χ1v) is 10.6. The molecule has 0 unspecified atom stereocenters. The molecule has 1 aromatic heterocycles. The van der Waals surface area contributed by atoms with Crippen LogP contribution in [0.2, 0.25) is 0 Å². The van der Waals surface area contributed by atoms with Crippen molar-refractivity contribution in [3.8, 4) is 22.8 Å². The van der Waals surface area contributed by atoms with Crippen LogP contribution in [0.4, 0.5) is 4.39 Å². The fourth-order valence-corrected chi connectivity index (χ4v) is 4.55. The number of thiazole rings is 1. The van der Waals surface area contributed by atoms with Crippen LogP contribution in [0, 0.1) is 5.82 Å². The fourth-order valence-electron chi connectivity index (χ4n) is 3.24. The molecule has 0 bridgehead atoms. The molecule has 3 aromatic rings. The van der Waals surface area contributed by atoms with Crippen LogP contribution in [-0.4, -0.2) is 24.7 Å². The van der Waals surface area contributed by atoms with Crippen LogP contribution in [0.25, 0.3) is 11.3 Å². The largest absolute Gasteiger partial charge is 0.497 e. The number of hydrogen-bond donors (Lipinski definition) is 0. The number of ether oxygens (including phenoxy) is 2. The summed E-state index contributed by atoms with van der Waals surface area (Å²) in [6, 6.07) is 11.4. The lowest BCUT2D eigenvalue weighted by atomic mass is 10.1. The Hall–Kier alpha value is -2.93. The van der Waals surface area contributed by atoms with Gasteiger partial charge < -0.3 is 14.0 Å². The molecule has 2 aromatic carbocycles. The van der Waals surface area contributed by atoms with Crippen molar-refractivity contribution >= 4 is 17.2 Å². The van der Waals surface area contributed by atoms with Gasteiger partial charge >= 0.3 is 0 Å². The van der Waals surface area contributed by atoms with Crippen LogP contribution in [0.5, 0.6) is 11.5 Å². The van der Waals surface area contributed by atoms with E-state index in [-0.39, 0.29) is 11.7 Å². The van der Waals surface area contributed by atoms with Crippen LogP contribution in [-0.2, 0) is 13.0 Å². The van der Waals surface area contributed by atoms with Crippen LogP contribution < -0.4 is 14.3 Å². The van der Waals surface area contributed by atoms with E-state index in [1.54, 1.807) is 30.3 Å². The third kappa shape index (κ3) is 4.62. The minimum Gasteiger partial charge on any atom is -0.497 e. The van der Waals surface area contributed by atoms with Gasteiger partial charge in [0.05, 0.1) is 19.9 Å². The number of carbonyl (C=O) groups excluding carboxylic acids is 1. The Morgan fingerprint density at radius 3 is 2.23 bits per heavy atom. The number of rotatable bonds is 7. The van der Waals surface area contributed by atoms with Crippen molar-refractivity contribution in [3.05, 3.63) is 63.5 Å². The molecule has 0 fully saturated rings. The van der Waals surface area contributed by atoms with Gasteiger partial charge in [-0.3, -0.25) is 4.79 Å².